The number of hydrogen-bond acceptors (Lipinski definition) is 2. The number of carbonyl (C=O) groups is 2. The fourth-order valence-electron chi connectivity index (χ4n) is 4.22. The average molecular weight is 421 g/mol. The van der Waals surface area contributed by atoms with Gasteiger partial charge in [0.15, 0.2) is 0 Å². The summed E-state index contributed by atoms with van der Waals surface area (Å²) in [6.45, 7) is 5.05. The Labute approximate surface area is 173 Å². The molecule has 5 nitrogen and oxygen atoms in total. The third kappa shape index (κ3) is 4.68. The van der Waals surface area contributed by atoms with Crippen molar-refractivity contribution in [3.05, 3.63) is 46.8 Å². The van der Waals surface area contributed by atoms with Crippen molar-refractivity contribution >= 4 is 23.2 Å². The highest BCUT2D eigenvalue weighted by Gasteiger charge is 2.31. The Morgan fingerprint density at radius 2 is 1.67 bits per heavy atom. The maximum atomic E-state index is 13.1. The number of anilines is 2. The average Bonchev–Trinajstić information content (AvgIpc) is 2.97. The summed E-state index contributed by atoms with van der Waals surface area (Å²) in [5.41, 5.74) is 1.29. The summed E-state index contributed by atoms with van der Waals surface area (Å²) >= 11 is 0. The van der Waals surface area contributed by atoms with Crippen LogP contribution in [0.2, 0.25) is 0 Å². The molecule has 0 saturated heterocycles. The van der Waals surface area contributed by atoms with Gasteiger partial charge in [-0.15, -0.1) is 0 Å². The summed E-state index contributed by atoms with van der Waals surface area (Å²) in [7, 11) is 0. The van der Waals surface area contributed by atoms with Gasteiger partial charge in [0.05, 0.1) is 22.5 Å². The van der Waals surface area contributed by atoms with Crippen LogP contribution in [-0.4, -0.2) is 16.4 Å². The maximum absolute atomic E-state index is 13.1. The molecule has 2 amide bonds. The number of amides is 2. The smallest absolute Gasteiger partial charge is 0.345 e. The Morgan fingerprint density at radius 3 is 2.27 bits per heavy atom. The molecule has 3 rings (SSSR count). The van der Waals surface area contributed by atoms with E-state index in [4.69, 9.17) is 0 Å². The minimum atomic E-state index is -4.56. The predicted octanol–water partition coefficient (Wildman–Crippen LogP) is 5.84. The number of nitrogens with one attached hydrogen (secondary N) is 2. The van der Waals surface area contributed by atoms with Gasteiger partial charge in [-0.05, 0) is 51.0 Å². The second-order valence-corrected chi connectivity index (χ2v) is 7.84. The zero-order chi connectivity index (χ0) is 22.1. The summed E-state index contributed by atoms with van der Waals surface area (Å²) in [5, 5.41) is 5.03. The van der Waals surface area contributed by atoms with Crippen molar-refractivity contribution in [2.24, 2.45) is 0 Å². The molecule has 1 aromatic heterocycles. The van der Waals surface area contributed by atoms with E-state index in [1.54, 1.807) is 6.07 Å². The van der Waals surface area contributed by atoms with Crippen LogP contribution in [0.3, 0.4) is 0 Å². The zero-order valence-corrected chi connectivity index (χ0v) is 17.3. The summed E-state index contributed by atoms with van der Waals surface area (Å²) in [6, 6.07) is 4.96. The van der Waals surface area contributed by atoms with Crippen LogP contribution in [0.25, 0.3) is 0 Å². The van der Waals surface area contributed by atoms with Crippen molar-refractivity contribution in [1.82, 2.24) is 4.57 Å². The van der Waals surface area contributed by atoms with E-state index in [1.807, 2.05) is 13.8 Å². The molecule has 1 heterocycles. The Kier molecular flexibility index (Phi) is 6.24. The minimum Gasteiger partial charge on any atom is -0.345 e. The first-order chi connectivity index (χ1) is 14.1. The molecule has 0 unspecified atom stereocenters. The van der Waals surface area contributed by atoms with Gasteiger partial charge in [-0.2, -0.15) is 13.2 Å². The normalized spacial score (nSPS) is 15.1. The lowest BCUT2D eigenvalue weighted by Gasteiger charge is -2.26. The van der Waals surface area contributed by atoms with Crippen LogP contribution in [0, 0.1) is 13.8 Å². The fraction of sp³-hybridized carbons (Fsp3) is 0.455. The highest BCUT2D eigenvalue weighted by molar-refractivity contribution is 6.08. The van der Waals surface area contributed by atoms with E-state index in [-0.39, 0.29) is 11.4 Å². The van der Waals surface area contributed by atoms with Crippen LogP contribution < -0.4 is 10.6 Å². The number of benzene rings is 1. The second-order valence-electron chi connectivity index (χ2n) is 7.84. The van der Waals surface area contributed by atoms with E-state index in [2.05, 4.69) is 15.2 Å². The van der Waals surface area contributed by atoms with Crippen LogP contribution in [0.15, 0.2) is 24.3 Å². The molecule has 1 aliphatic rings. The molecule has 0 atom stereocenters. The number of alkyl halides is 3. The molecule has 1 fully saturated rings. The number of nitrogens with zero attached hydrogens (tertiary/aromatic N) is 1. The van der Waals surface area contributed by atoms with Gasteiger partial charge in [-0.25, -0.2) is 0 Å². The lowest BCUT2D eigenvalue weighted by Crippen LogP contribution is -2.18. The molecule has 30 heavy (non-hydrogen) atoms. The molecule has 1 saturated carbocycles. The fourth-order valence-corrected chi connectivity index (χ4v) is 4.22. The third-order valence-electron chi connectivity index (χ3n) is 5.57. The quantitative estimate of drug-likeness (QED) is 0.651. The number of rotatable bonds is 4. The lowest BCUT2D eigenvalue weighted by molar-refractivity contribution is -0.137. The summed E-state index contributed by atoms with van der Waals surface area (Å²) in [5.74, 6) is -0.947. The SMILES string of the molecule is CC(=O)Nc1ccc(C(F)(F)F)cc1NC(=O)c1cc(C)n(C2CCCCC2)c1C. The third-order valence-corrected chi connectivity index (χ3v) is 5.57. The highest BCUT2D eigenvalue weighted by atomic mass is 19.4. The summed E-state index contributed by atoms with van der Waals surface area (Å²) in [4.78, 5) is 24.4. The maximum Gasteiger partial charge on any atom is 0.416 e. The molecule has 0 radical (unpaired) electrons. The highest BCUT2D eigenvalue weighted by Crippen LogP contribution is 2.35. The van der Waals surface area contributed by atoms with Crippen molar-refractivity contribution in [1.29, 1.82) is 0 Å². The van der Waals surface area contributed by atoms with Crippen molar-refractivity contribution in [2.45, 2.75) is 65.1 Å². The Morgan fingerprint density at radius 1 is 1.00 bits per heavy atom. The molecular formula is C22H26F3N3O2. The van der Waals surface area contributed by atoms with E-state index in [1.165, 1.54) is 13.3 Å². The van der Waals surface area contributed by atoms with Gasteiger partial charge in [-0.3, -0.25) is 9.59 Å². The molecule has 162 valence electrons. The van der Waals surface area contributed by atoms with Gasteiger partial charge in [0, 0.05) is 24.4 Å². The van der Waals surface area contributed by atoms with Gasteiger partial charge in [0.25, 0.3) is 5.91 Å². The molecule has 1 aromatic carbocycles. The van der Waals surface area contributed by atoms with E-state index < -0.39 is 23.6 Å². The van der Waals surface area contributed by atoms with E-state index in [9.17, 15) is 22.8 Å². The van der Waals surface area contributed by atoms with E-state index >= 15 is 0 Å². The van der Waals surface area contributed by atoms with Crippen LogP contribution in [-0.2, 0) is 11.0 Å². The van der Waals surface area contributed by atoms with Crippen LogP contribution >= 0.6 is 0 Å². The number of carbonyl (C=O) groups excluding carboxylic acids is 2. The van der Waals surface area contributed by atoms with Crippen molar-refractivity contribution < 1.29 is 22.8 Å². The zero-order valence-electron chi connectivity index (χ0n) is 17.3. The second kappa shape index (κ2) is 8.53. The molecule has 8 heteroatoms. The monoisotopic (exact) mass is 421 g/mol. The summed E-state index contributed by atoms with van der Waals surface area (Å²) in [6.07, 6.45) is 1.05. The first-order valence-electron chi connectivity index (χ1n) is 10.1. The first-order valence-corrected chi connectivity index (χ1v) is 10.1. The molecule has 0 aliphatic heterocycles. The Balaban J connectivity index is 1.92. The molecular weight excluding hydrogens is 395 g/mol. The topological polar surface area (TPSA) is 63.1 Å². The summed E-state index contributed by atoms with van der Waals surface area (Å²) < 4.78 is 41.6. The number of hydrogen-bond donors (Lipinski definition) is 2. The van der Waals surface area contributed by atoms with Crippen molar-refractivity contribution in [2.75, 3.05) is 10.6 Å². The number of aromatic nitrogens is 1. The lowest BCUT2D eigenvalue weighted by atomic mass is 9.95. The molecule has 2 aromatic rings. The molecule has 0 bridgehead atoms. The molecule has 1 aliphatic carbocycles. The molecule has 2 N–H and O–H groups in total. The Hall–Kier alpha value is -2.77. The van der Waals surface area contributed by atoms with Crippen molar-refractivity contribution in [3.63, 3.8) is 0 Å². The number of halogens is 3. The van der Waals surface area contributed by atoms with Gasteiger partial charge in [-0.1, -0.05) is 19.3 Å². The number of aryl methyl sites for hydroxylation is 1. The van der Waals surface area contributed by atoms with Crippen molar-refractivity contribution in [3.8, 4) is 0 Å². The van der Waals surface area contributed by atoms with Gasteiger partial charge < -0.3 is 15.2 Å². The minimum absolute atomic E-state index is 0.0903. The Bertz CT molecular complexity index is 957. The van der Waals surface area contributed by atoms with Gasteiger partial charge in [0.1, 0.15) is 0 Å². The van der Waals surface area contributed by atoms with Crippen LogP contribution in [0.4, 0.5) is 24.5 Å². The molecule has 0 spiro atoms. The standard InChI is InChI=1S/C22H26F3N3O2/c1-13-11-18(14(2)28(13)17-7-5-4-6-8-17)21(30)27-20-12-16(22(23,24)25)9-10-19(20)26-15(3)29/h9-12,17H,4-8H2,1-3H3,(H,26,29)(H,27,30). The predicted molar refractivity (Wildman–Crippen MR) is 110 cm³/mol. The van der Waals surface area contributed by atoms with Gasteiger partial charge in [0.2, 0.25) is 5.91 Å². The first kappa shape index (κ1) is 21.9. The largest absolute Gasteiger partial charge is 0.416 e. The van der Waals surface area contributed by atoms with Crippen LogP contribution in [0.1, 0.15) is 72.4 Å². The van der Waals surface area contributed by atoms with Gasteiger partial charge >= 0.3 is 6.18 Å². The van der Waals surface area contributed by atoms with E-state index in [0.717, 1.165) is 55.3 Å². The van der Waals surface area contributed by atoms with Crippen LogP contribution in [0.5, 0.6) is 0 Å². The van der Waals surface area contributed by atoms with E-state index in [0.29, 0.717) is 11.6 Å².